The molecule has 5 heteroatoms. The summed E-state index contributed by atoms with van der Waals surface area (Å²) < 4.78 is 30.2. The third-order valence-corrected chi connectivity index (χ3v) is 6.08. The summed E-state index contributed by atoms with van der Waals surface area (Å²) in [6.45, 7) is 12.6. The Labute approximate surface area is 185 Å². The summed E-state index contributed by atoms with van der Waals surface area (Å²) in [5, 5.41) is 0.848. The zero-order valence-electron chi connectivity index (χ0n) is 19.1. The van der Waals surface area contributed by atoms with E-state index >= 15 is 0 Å². The van der Waals surface area contributed by atoms with Gasteiger partial charge in [-0.3, -0.25) is 9.38 Å². The molecule has 0 aliphatic carbocycles. The van der Waals surface area contributed by atoms with Crippen LogP contribution in [0.3, 0.4) is 0 Å². The number of aryl methyl sites for hydroxylation is 3. The van der Waals surface area contributed by atoms with Gasteiger partial charge in [-0.15, -0.1) is 0 Å². The van der Waals surface area contributed by atoms with Crippen LogP contribution in [0.15, 0.2) is 42.5 Å². The van der Waals surface area contributed by atoms with E-state index in [1.54, 1.807) is 0 Å². The molecule has 162 valence electrons. The number of hydrogen-bond donors (Lipinski definition) is 0. The fourth-order valence-electron chi connectivity index (χ4n) is 4.65. The summed E-state index contributed by atoms with van der Waals surface area (Å²) in [5.41, 5.74) is 8.60. The SMILES string of the molecule is Cc1cc(C)c(-c2cc3nc(C(C)(C)C)ccc3c3nc4cc(F)c(F)cc4n23)c(C)c1. The zero-order chi connectivity index (χ0) is 22.9. The van der Waals surface area contributed by atoms with Crippen molar-refractivity contribution in [1.29, 1.82) is 0 Å². The predicted molar refractivity (Wildman–Crippen MR) is 126 cm³/mol. The maximum absolute atomic E-state index is 14.3. The van der Waals surface area contributed by atoms with E-state index in [9.17, 15) is 8.78 Å². The van der Waals surface area contributed by atoms with Crippen molar-refractivity contribution in [3.05, 3.63) is 76.5 Å². The molecule has 32 heavy (non-hydrogen) atoms. The standard InChI is InChI=1S/C27H25F2N3/c1-14-9-15(2)25(16(3)10-14)23-13-20-17(7-8-24(30-20)27(4,5)6)26-31-21-11-18(28)19(29)12-22(21)32(23)26/h7-13H,1-6H3. The third kappa shape index (κ3) is 3.07. The second kappa shape index (κ2) is 6.83. The molecule has 5 rings (SSSR count). The van der Waals surface area contributed by atoms with Gasteiger partial charge in [0.2, 0.25) is 0 Å². The first-order valence-corrected chi connectivity index (χ1v) is 10.7. The molecule has 0 saturated heterocycles. The number of nitrogens with zero attached hydrogens (tertiary/aromatic N) is 3. The highest BCUT2D eigenvalue weighted by Gasteiger charge is 2.21. The minimum atomic E-state index is -0.900. The number of fused-ring (bicyclic) bond motifs is 5. The van der Waals surface area contributed by atoms with E-state index < -0.39 is 11.6 Å². The van der Waals surface area contributed by atoms with E-state index in [4.69, 9.17) is 9.97 Å². The van der Waals surface area contributed by atoms with Crippen molar-refractivity contribution in [2.45, 2.75) is 47.0 Å². The van der Waals surface area contributed by atoms with Crippen LogP contribution in [0.1, 0.15) is 43.2 Å². The number of imidazole rings is 1. The first-order valence-electron chi connectivity index (χ1n) is 10.7. The van der Waals surface area contributed by atoms with Gasteiger partial charge in [-0.1, -0.05) is 38.5 Å². The number of benzene rings is 2. The highest BCUT2D eigenvalue weighted by atomic mass is 19.2. The lowest BCUT2D eigenvalue weighted by molar-refractivity contribution is 0.510. The molecular formula is C27H25F2N3. The summed E-state index contributed by atoms with van der Waals surface area (Å²) in [6.07, 6.45) is 0. The molecule has 3 aromatic heterocycles. The molecular weight excluding hydrogens is 404 g/mol. The first-order chi connectivity index (χ1) is 15.0. The highest BCUT2D eigenvalue weighted by Crippen LogP contribution is 2.36. The molecule has 5 aromatic rings. The van der Waals surface area contributed by atoms with E-state index in [-0.39, 0.29) is 5.41 Å². The molecule has 0 aliphatic rings. The number of pyridine rings is 2. The van der Waals surface area contributed by atoms with Gasteiger partial charge >= 0.3 is 0 Å². The van der Waals surface area contributed by atoms with Crippen LogP contribution in [0, 0.1) is 32.4 Å². The summed E-state index contributed by atoms with van der Waals surface area (Å²) in [4.78, 5) is 9.68. The average molecular weight is 430 g/mol. The Hall–Kier alpha value is -3.34. The Kier molecular flexibility index (Phi) is 4.39. The Morgan fingerprint density at radius 2 is 1.44 bits per heavy atom. The lowest BCUT2D eigenvalue weighted by Crippen LogP contribution is -2.13. The van der Waals surface area contributed by atoms with Gasteiger partial charge < -0.3 is 0 Å². The molecule has 0 amide bonds. The van der Waals surface area contributed by atoms with Crippen molar-refractivity contribution in [2.75, 3.05) is 0 Å². The number of rotatable bonds is 1. The average Bonchev–Trinajstić information content (AvgIpc) is 3.05. The fourth-order valence-corrected chi connectivity index (χ4v) is 4.65. The van der Waals surface area contributed by atoms with Gasteiger partial charge in [0.05, 0.1) is 22.2 Å². The highest BCUT2D eigenvalue weighted by molar-refractivity contribution is 6.00. The lowest BCUT2D eigenvalue weighted by Gasteiger charge is -2.19. The molecule has 0 atom stereocenters. The molecule has 0 unspecified atom stereocenters. The number of aromatic nitrogens is 3. The van der Waals surface area contributed by atoms with Gasteiger partial charge in [-0.25, -0.2) is 13.8 Å². The summed E-state index contributed by atoms with van der Waals surface area (Å²) in [7, 11) is 0. The molecule has 0 radical (unpaired) electrons. The normalized spacial score (nSPS) is 12.4. The van der Waals surface area contributed by atoms with Crippen LogP contribution >= 0.6 is 0 Å². The van der Waals surface area contributed by atoms with Crippen molar-refractivity contribution in [2.24, 2.45) is 0 Å². The quantitative estimate of drug-likeness (QED) is 0.282. The van der Waals surface area contributed by atoms with Crippen LogP contribution in [0.5, 0.6) is 0 Å². The van der Waals surface area contributed by atoms with E-state index in [2.05, 4.69) is 53.7 Å². The lowest BCUT2D eigenvalue weighted by atomic mass is 9.91. The maximum Gasteiger partial charge on any atom is 0.161 e. The molecule has 0 fully saturated rings. The van der Waals surface area contributed by atoms with Gasteiger partial charge in [0.15, 0.2) is 11.6 Å². The van der Waals surface area contributed by atoms with E-state index in [0.29, 0.717) is 16.7 Å². The monoisotopic (exact) mass is 429 g/mol. The number of halogens is 2. The summed E-state index contributed by atoms with van der Waals surface area (Å²) >= 11 is 0. The summed E-state index contributed by atoms with van der Waals surface area (Å²) in [5.74, 6) is -1.79. The van der Waals surface area contributed by atoms with E-state index in [0.717, 1.165) is 39.0 Å². The third-order valence-electron chi connectivity index (χ3n) is 6.08. The van der Waals surface area contributed by atoms with Gasteiger partial charge in [-0.05, 0) is 50.1 Å². The molecule has 2 aromatic carbocycles. The van der Waals surface area contributed by atoms with Crippen molar-refractivity contribution in [3.63, 3.8) is 0 Å². The van der Waals surface area contributed by atoms with Crippen molar-refractivity contribution < 1.29 is 8.78 Å². The van der Waals surface area contributed by atoms with Crippen molar-refractivity contribution >= 4 is 27.6 Å². The second-order valence-corrected chi connectivity index (χ2v) is 9.71. The first kappa shape index (κ1) is 20.6. The van der Waals surface area contributed by atoms with Crippen molar-refractivity contribution in [1.82, 2.24) is 14.4 Å². The van der Waals surface area contributed by atoms with Gasteiger partial charge in [0, 0.05) is 34.2 Å². The minimum Gasteiger partial charge on any atom is -0.291 e. The second-order valence-electron chi connectivity index (χ2n) is 9.71. The van der Waals surface area contributed by atoms with Gasteiger partial charge in [0.25, 0.3) is 0 Å². The van der Waals surface area contributed by atoms with Gasteiger partial charge in [0.1, 0.15) is 5.65 Å². The smallest absolute Gasteiger partial charge is 0.161 e. The molecule has 0 saturated carbocycles. The largest absolute Gasteiger partial charge is 0.291 e. The molecule has 0 bridgehead atoms. The maximum atomic E-state index is 14.3. The number of hydrogen-bond acceptors (Lipinski definition) is 2. The molecule has 3 heterocycles. The molecule has 0 spiro atoms. The minimum absolute atomic E-state index is 0.109. The Bertz CT molecular complexity index is 1530. The predicted octanol–water partition coefficient (Wildman–Crippen LogP) is 7.20. The Morgan fingerprint density at radius 3 is 2.09 bits per heavy atom. The van der Waals surface area contributed by atoms with Crippen LogP contribution in [0.4, 0.5) is 8.78 Å². The van der Waals surface area contributed by atoms with Crippen LogP contribution in [-0.4, -0.2) is 14.4 Å². The van der Waals surface area contributed by atoms with Gasteiger partial charge in [-0.2, -0.15) is 0 Å². The molecule has 0 aliphatic heterocycles. The Morgan fingerprint density at radius 1 is 0.781 bits per heavy atom. The van der Waals surface area contributed by atoms with Crippen LogP contribution in [-0.2, 0) is 5.41 Å². The van der Waals surface area contributed by atoms with Crippen LogP contribution in [0.25, 0.3) is 38.8 Å². The van der Waals surface area contributed by atoms with Crippen molar-refractivity contribution in [3.8, 4) is 11.3 Å². The van der Waals surface area contributed by atoms with E-state index in [1.807, 2.05) is 22.6 Å². The molecule has 3 nitrogen and oxygen atoms in total. The summed E-state index contributed by atoms with van der Waals surface area (Å²) in [6, 6.07) is 12.7. The van der Waals surface area contributed by atoms with Crippen LogP contribution < -0.4 is 0 Å². The van der Waals surface area contributed by atoms with E-state index in [1.165, 1.54) is 17.7 Å². The van der Waals surface area contributed by atoms with Crippen LogP contribution in [0.2, 0.25) is 0 Å². The zero-order valence-corrected chi connectivity index (χ0v) is 19.1. The Balaban J connectivity index is 2.01. The topological polar surface area (TPSA) is 30.2 Å². The fraction of sp³-hybridized carbons (Fsp3) is 0.259. The molecule has 0 N–H and O–H groups in total.